The predicted octanol–water partition coefficient (Wildman–Crippen LogP) is 1.86. The number of rotatable bonds is 3. The standard InChI is InChI=1S/C12H10N4O2S2/c13-20(18)8-3-1-7(2-4-8)15-12(17)9-5-10-11(16-9)14-6-19-10/h1-6,16H,13H2,(H,15,17). The van der Waals surface area contributed by atoms with Gasteiger partial charge in [-0.15, -0.1) is 11.3 Å². The molecule has 2 heterocycles. The van der Waals surface area contributed by atoms with Crippen molar-refractivity contribution in [3.05, 3.63) is 41.5 Å². The number of nitrogens with two attached hydrogens (primary N) is 1. The van der Waals surface area contributed by atoms with Crippen LogP contribution in [0.4, 0.5) is 5.69 Å². The third-order valence-corrected chi connectivity index (χ3v) is 4.23. The molecule has 3 aromatic rings. The summed E-state index contributed by atoms with van der Waals surface area (Å²) in [6, 6.07) is 8.29. The van der Waals surface area contributed by atoms with Gasteiger partial charge in [0.2, 0.25) is 0 Å². The largest absolute Gasteiger partial charge is 0.334 e. The van der Waals surface area contributed by atoms with Gasteiger partial charge in [-0.25, -0.2) is 14.3 Å². The highest BCUT2D eigenvalue weighted by molar-refractivity contribution is 7.82. The van der Waals surface area contributed by atoms with Gasteiger partial charge in [0.1, 0.15) is 22.3 Å². The maximum absolute atomic E-state index is 12.1. The number of thiazole rings is 1. The average molecular weight is 306 g/mol. The Hall–Kier alpha value is -2.03. The first-order valence-corrected chi connectivity index (χ1v) is 7.72. The summed E-state index contributed by atoms with van der Waals surface area (Å²) in [5, 5.41) is 8.00. The van der Waals surface area contributed by atoms with Gasteiger partial charge in [0, 0.05) is 5.69 Å². The number of anilines is 1. The van der Waals surface area contributed by atoms with E-state index in [0.29, 0.717) is 21.9 Å². The van der Waals surface area contributed by atoms with E-state index < -0.39 is 11.0 Å². The molecule has 8 heteroatoms. The smallest absolute Gasteiger partial charge is 0.272 e. The van der Waals surface area contributed by atoms with Gasteiger partial charge in [0.25, 0.3) is 5.91 Å². The molecule has 1 unspecified atom stereocenters. The van der Waals surface area contributed by atoms with E-state index in [-0.39, 0.29) is 5.91 Å². The Balaban J connectivity index is 1.78. The summed E-state index contributed by atoms with van der Waals surface area (Å²) in [5.41, 5.74) is 3.48. The van der Waals surface area contributed by atoms with E-state index >= 15 is 0 Å². The van der Waals surface area contributed by atoms with E-state index in [1.165, 1.54) is 11.3 Å². The summed E-state index contributed by atoms with van der Waals surface area (Å²) in [5.74, 6) is -0.253. The van der Waals surface area contributed by atoms with Crippen molar-refractivity contribution in [3.8, 4) is 0 Å². The van der Waals surface area contributed by atoms with E-state index in [1.807, 2.05) is 0 Å². The Morgan fingerprint density at radius 3 is 2.75 bits per heavy atom. The van der Waals surface area contributed by atoms with Crippen LogP contribution in [0, 0.1) is 0 Å². The number of fused-ring (bicyclic) bond motifs is 1. The molecule has 0 aliphatic carbocycles. The van der Waals surface area contributed by atoms with Crippen LogP contribution < -0.4 is 10.5 Å². The van der Waals surface area contributed by atoms with Crippen molar-refractivity contribution in [2.75, 3.05) is 5.32 Å². The predicted molar refractivity (Wildman–Crippen MR) is 79.0 cm³/mol. The minimum atomic E-state index is -1.52. The molecule has 0 radical (unpaired) electrons. The van der Waals surface area contributed by atoms with Crippen LogP contribution in [0.2, 0.25) is 0 Å². The lowest BCUT2D eigenvalue weighted by Crippen LogP contribution is -2.12. The number of aromatic amines is 1. The highest BCUT2D eigenvalue weighted by Crippen LogP contribution is 2.19. The van der Waals surface area contributed by atoms with Crippen molar-refractivity contribution in [2.24, 2.45) is 5.14 Å². The molecule has 0 aliphatic rings. The number of carbonyl (C=O) groups is 1. The topological polar surface area (TPSA) is 101 Å². The second-order valence-electron chi connectivity index (χ2n) is 4.02. The molecule has 2 aromatic heterocycles. The molecular weight excluding hydrogens is 296 g/mol. The lowest BCUT2D eigenvalue weighted by molar-refractivity contribution is 0.102. The molecule has 0 saturated carbocycles. The number of benzene rings is 1. The lowest BCUT2D eigenvalue weighted by Gasteiger charge is -2.04. The van der Waals surface area contributed by atoms with Crippen LogP contribution in [0.5, 0.6) is 0 Å². The first-order valence-electron chi connectivity index (χ1n) is 5.63. The number of nitrogens with zero attached hydrogens (tertiary/aromatic N) is 1. The van der Waals surface area contributed by atoms with Crippen molar-refractivity contribution < 1.29 is 9.00 Å². The van der Waals surface area contributed by atoms with Gasteiger partial charge in [-0.2, -0.15) is 0 Å². The molecule has 20 heavy (non-hydrogen) atoms. The molecule has 6 nitrogen and oxygen atoms in total. The SMILES string of the molecule is NS(=O)c1ccc(NC(=O)c2cc3scnc3[nH]2)cc1. The van der Waals surface area contributed by atoms with Gasteiger partial charge < -0.3 is 10.3 Å². The van der Waals surface area contributed by atoms with Crippen LogP contribution in [0.3, 0.4) is 0 Å². The minimum absolute atomic E-state index is 0.253. The Morgan fingerprint density at radius 1 is 1.35 bits per heavy atom. The van der Waals surface area contributed by atoms with Crippen LogP contribution in [-0.2, 0) is 11.0 Å². The fourth-order valence-corrected chi connectivity index (χ4v) is 2.82. The maximum Gasteiger partial charge on any atom is 0.272 e. The molecule has 0 saturated heterocycles. The van der Waals surface area contributed by atoms with Gasteiger partial charge in [-0.3, -0.25) is 4.79 Å². The van der Waals surface area contributed by atoms with Crippen molar-refractivity contribution in [3.63, 3.8) is 0 Å². The number of hydrogen-bond donors (Lipinski definition) is 3. The zero-order valence-corrected chi connectivity index (χ0v) is 11.8. The van der Waals surface area contributed by atoms with Crippen LogP contribution in [-0.4, -0.2) is 20.1 Å². The fraction of sp³-hybridized carbons (Fsp3) is 0. The third-order valence-electron chi connectivity index (χ3n) is 2.71. The zero-order valence-electron chi connectivity index (χ0n) is 10.1. The molecule has 3 rings (SSSR count). The monoisotopic (exact) mass is 306 g/mol. The second kappa shape index (κ2) is 5.16. The van der Waals surface area contributed by atoms with E-state index in [0.717, 1.165) is 4.70 Å². The Morgan fingerprint density at radius 2 is 2.10 bits per heavy atom. The van der Waals surface area contributed by atoms with Gasteiger partial charge >= 0.3 is 0 Å². The Bertz CT molecular complexity index is 763. The molecule has 102 valence electrons. The summed E-state index contributed by atoms with van der Waals surface area (Å²) >= 11 is 1.47. The van der Waals surface area contributed by atoms with Crippen molar-refractivity contribution in [2.45, 2.75) is 4.90 Å². The molecule has 1 aromatic carbocycles. The van der Waals surface area contributed by atoms with Crippen molar-refractivity contribution in [1.29, 1.82) is 0 Å². The van der Waals surface area contributed by atoms with Crippen LogP contribution in [0.25, 0.3) is 10.3 Å². The number of hydrogen-bond acceptors (Lipinski definition) is 4. The van der Waals surface area contributed by atoms with Crippen LogP contribution in [0.15, 0.2) is 40.7 Å². The molecule has 0 aliphatic heterocycles. The molecule has 1 atom stereocenters. The van der Waals surface area contributed by atoms with E-state index in [1.54, 1.807) is 35.8 Å². The molecule has 0 bridgehead atoms. The highest BCUT2D eigenvalue weighted by Gasteiger charge is 2.11. The molecule has 0 fully saturated rings. The second-order valence-corrected chi connectivity index (χ2v) is 5.98. The van der Waals surface area contributed by atoms with Crippen molar-refractivity contribution in [1.82, 2.24) is 9.97 Å². The van der Waals surface area contributed by atoms with Gasteiger partial charge in [0.05, 0.1) is 15.1 Å². The fourth-order valence-electron chi connectivity index (χ4n) is 1.74. The van der Waals surface area contributed by atoms with Crippen LogP contribution in [0.1, 0.15) is 10.5 Å². The lowest BCUT2D eigenvalue weighted by atomic mass is 10.3. The Labute approximate surface area is 120 Å². The molecular formula is C12H10N4O2S2. The van der Waals surface area contributed by atoms with Gasteiger partial charge in [-0.05, 0) is 30.3 Å². The summed E-state index contributed by atoms with van der Waals surface area (Å²) in [6.45, 7) is 0. The third kappa shape index (κ3) is 2.48. The highest BCUT2D eigenvalue weighted by atomic mass is 32.2. The van der Waals surface area contributed by atoms with E-state index in [9.17, 15) is 9.00 Å². The molecule has 1 amide bonds. The van der Waals surface area contributed by atoms with Gasteiger partial charge in [0.15, 0.2) is 0 Å². The summed E-state index contributed by atoms with van der Waals surface area (Å²) in [7, 11) is -1.52. The Kier molecular flexibility index (Phi) is 3.35. The average Bonchev–Trinajstić information content (AvgIpc) is 2.99. The van der Waals surface area contributed by atoms with E-state index in [4.69, 9.17) is 5.14 Å². The van der Waals surface area contributed by atoms with E-state index in [2.05, 4.69) is 15.3 Å². The molecule has 4 N–H and O–H groups in total. The number of H-pyrrole nitrogens is 1. The summed E-state index contributed by atoms with van der Waals surface area (Å²) < 4.78 is 12.0. The van der Waals surface area contributed by atoms with Gasteiger partial charge in [-0.1, -0.05) is 0 Å². The zero-order chi connectivity index (χ0) is 14.1. The number of aromatic nitrogens is 2. The maximum atomic E-state index is 12.1. The van der Waals surface area contributed by atoms with Crippen LogP contribution >= 0.6 is 11.3 Å². The van der Waals surface area contributed by atoms with Crippen molar-refractivity contribution >= 4 is 44.3 Å². The molecule has 0 spiro atoms. The summed E-state index contributed by atoms with van der Waals surface area (Å²) in [6.07, 6.45) is 0. The minimum Gasteiger partial charge on any atom is -0.334 e. The normalized spacial score (nSPS) is 12.4. The number of carbonyl (C=O) groups excluding carboxylic acids is 1. The number of amides is 1. The summed E-state index contributed by atoms with van der Waals surface area (Å²) in [4.78, 5) is 19.6. The first-order chi connectivity index (χ1) is 9.63. The first kappa shape index (κ1) is 13.0. The number of nitrogens with one attached hydrogen (secondary N) is 2. The quantitative estimate of drug-likeness (QED) is 0.688.